The third-order valence-electron chi connectivity index (χ3n) is 4.83. The number of piperidine rings is 1. The summed E-state index contributed by atoms with van der Waals surface area (Å²) < 4.78 is 28.0. The van der Waals surface area contributed by atoms with Gasteiger partial charge in [-0.15, -0.1) is 0 Å². The molecule has 4 nitrogen and oxygen atoms in total. The maximum atomic E-state index is 12.9. The topological polar surface area (TPSA) is 63.4 Å². The molecule has 2 atom stereocenters. The number of benzene rings is 1. The summed E-state index contributed by atoms with van der Waals surface area (Å²) in [6.45, 7) is 1.29. The normalized spacial score (nSPS) is 27.3. The standard InChI is InChI=1S/C15H21BrN2O2S/c16-14-6-5-13(17)9-15(14)21(19,20)18-8-7-11-3-1-2-4-12(11)10-18/h5-6,9,11-12H,1-4,7-8,10,17H2. The number of halogens is 1. The van der Waals surface area contributed by atoms with Gasteiger partial charge in [-0.25, -0.2) is 8.42 Å². The lowest BCUT2D eigenvalue weighted by molar-refractivity contribution is 0.136. The zero-order chi connectivity index (χ0) is 15.0. The number of nitrogen functional groups attached to an aromatic ring is 1. The van der Waals surface area contributed by atoms with Gasteiger partial charge >= 0.3 is 0 Å². The minimum Gasteiger partial charge on any atom is -0.399 e. The molecule has 1 saturated heterocycles. The predicted octanol–water partition coefficient (Wildman–Crippen LogP) is 3.23. The van der Waals surface area contributed by atoms with Crippen molar-refractivity contribution in [2.45, 2.75) is 37.0 Å². The van der Waals surface area contributed by atoms with Crippen molar-refractivity contribution in [1.82, 2.24) is 4.31 Å². The Hall–Kier alpha value is -0.590. The molecule has 0 spiro atoms. The van der Waals surface area contributed by atoms with Gasteiger partial charge in [0, 0.05) is 23.2 Å². The summed E-state index contributed by atoms with van der Waals surface area (Å²) >= 11 is 3.34. The maximum Gasteiger partial charge on any atom is 0.244 e. The van der Waals surface area contributed by atoms with Crippen LogP contribution in [0.3, 0.4) is 0 Å². The molecule has 1 heterocycles. The minimum absolute atomic E-state index is 0.289. The first-order valence-corrected chi connectivity index (χ1v) is 9.77. The van der Waals surface area contributed by atoms with Gasteiger partial charge < -0.3 is 5.73 Å². The average molecular weight is 373 g/mol. The van der Waals surface area contributed by atoms with E-state index in [0.717, 1.165) is 18.8 Å². The Kier molecular flexibility index (Phi) is 4.30. The van der Waals surface area contributed by atoms with E-state index in [-0.39, 0.29) is 4.90 Å². The number of sulfonamides is 1. The van der Waals surface area contributed by atoms with Crippen LogP contribution in [0.5, 0.6) is 0 Å². The molecule has 1 aromatic rings. The van der Waals surface area contributed by atoms with Crippen LogP contribution < -0.4 is 5.73 Å². The van der Waals surface area contributed by atoms with Crippen LogP contribution in [0, 0.1) is 11.8 Å². The van der Waals surface area contributed by atoms with E-state index in [2.05, 4.69) is 15.9 Å². The largest absolute Gasteiger partial charge is 0.399 e. The molecular weight excluding hydrogens is 352 g/mol. The number of rotatable bonds is 2. The highest BCUT2D eigenvalue weighted by atomic mass is 79.9. The lowest BCUT2D eigenvalue weighted by atomic mass is 9.76. The van der Waals surface area contributed by atoms with Crippen molar-refractivity contribution in [2.75, 3.05) is 18.8 Å². The van der Waals surface area contributed by atoms with E-state index in [0.29, 0.717) is 29.2 Å². The third-order valence-corrected chi connectivity index (χ3v) is 7.69. The molecule has 1 aromatic carbocycles. The SMILES string of the molecule is Nc1ccc(Br)c(S(=O)(=O)N2CCC3CCCCC3C2)c1. The van der Waals surface area contributed by atoms with Gasteiger partial charge in [0.1, 0.15) is 0 Å². The van der Waals surface area contributed by atoms with Crippen molar-refractivity contribution in [3.63, 3.8) is 0 Å². The highest BCUT2D eigenvalue weighted by Crippen LogP contribution is 2.38. The number of anilines is 1. The van der Waals surface area contributed by atoms with Crippen molar-refractivity contribution in [2.24, 2.45) is 11.8 Å². The van der Waals surface area contributed by atoms with E-state index in [1.54, 1.807) is 22.5 Å². The Morgan fingerprint density at radius 1 is 1.14 bits per heavy atom. The summed E-state index contributed by atoms with van der Waals surface area (Å²) in [5, 5.41) is 0. The van der Waals surface area contributed by atoms with Crippen LogP contribution in [0.4, 0.5) is 5.69 Å². The lowest BCUT2D eigenvalue weighted by Crippen LogP contribution is -2.44. The number of hydrogen-bond donors (Lipinski definition) is 1. The summed E-state index contributed by atoms with van der Waals surface area (Å²) in [7, 11) is -3.46. The Morgan fingerprint density at radius 2 is 1.86 bits per heavy atom. The molecule has 2 unspecified atom stereocenters. The quantitative estimate of drug-likeness (QED) is 0.810. The molecule has 116 valence electrons. The van der Waals surface area contributed by atoms with E-state index in [1.165, 1.54) is 19.3 Å². The smallest absolute Gasteiger partial charge is 0.244 e. The van der Waals surface area contributed by atoms with Gasteiger partial charge in [-0.2, -0.15) is 4.31 Å². The molecular formula is C15H21BrN2O2S. The molecule has 1 aliphatic heterocycles. The first-order valence-electron chi connectivity index (χ1n) is 7.53. The summed E-state index contributed by atoms with van der Waals surface area (Å²) in [4.78, 5) is 0.289. The van der Waals surface area contributed by atoms with Crippen molar-refractivity contribution in [1.29, 1.82) is 0 Å². The van der Waals surface area contributed by atoms with Gasteiger partial charge in [0.15, 0.2) is 0 Å². The van der Waals surface area contributed by atoms with Crippen molar-refractivity contribution < 1.29 is 8.42 Å². The second-order valence-electron chi connectivity index (χ2n) is 6.15. The lowest BCUT2D eigenvalue weighted by Gasteiger charge is -2.40. The number of fused-ring (bicyclic) bond motifs is 1. The van der Waals surface area contributed by atoms with Crippen LogP contribution in [-0.2, 0) is 10.0 Å². The molecule has 2 N–H and O–H groups in total. The van der Waals surface area contributed by atoms with E-state index in [9.17, 15) is 8.42 Å². The van der Waals surface area contributed by atoms with Gasteiger partial charge in [0.2, 0.25) is 10.0 Å². The zero-order valence-corrected chi connectivity index (χ0v) is 14.4. The fourth-order valence-corrected chi connectivity index (χ4v) is 6.11. The summed E-state index contributed by atoms with van der Waals surface area (Å²) in [6.07, 6.45) is 5.95. The highest BCUT2D eigenvalue weighted by Gasteiger charge is 2.37. The van der Waals surface area contributed by atoms with Crippen LogP contribution in [0.2, 0.25) is 0 Å². The Labute approximate surface area is 134 Å². The second-order valence-corrected chi connectivity index (χ2v) is 8.91. The molecule has 0 amide bonds. The number of nitrogens with two attached hydrogens (primary N) is 1. The van der Waals surface area contributed by atoms with Crippen molar-refractivity contribution >= 4 is 31.6 Å². The second kappa shape index (κ2) is 5.89. The molecule has 0 aromatic heterocycles. The van der Waals surface area contributed by atoms with Crippen LogP contribution >= 0.6 is 15.9 Å². The summed E-state index contributed by atoms with van der Waals surface area (Å²) in [5.41, 5.74) is 6.23. The Balaban J connectivity index is 1.86. The minimum atomic E-state index is -3.46. The Bertz CT molecular complexity index is 633. The molecule has 0 radical (unpaired) electrons. The first-order chi connectivity index (χ1) is 9.98. The van der Waals surface area contributed by atoms with Gasteiger partial charge in [-0.3, -0.25) is 0 Å². The third kappa shape index (κ3) is 2.98. The molecule has 21 heavy (non-hydrogen) atoms. The monoisotopic (exact) mass is 372 g/mol. The molecule has 1 saturated carbocycles. The fourth-order valence-electron chi connectivity index (χ4n) is 3.64. The number of hydrogen-bond acceptors (Lipinski definition) is 3. The fraction of sp³-hybridized carbons (Fsp3) is 0.600. The van der Waals surface area contributed by atoms with Crippen molar-refractivity contribution in [3.8, 4) is 0 Å². The van der Waals surface area contributed by atoms with Gasteiger partial charge in [0.25, 0.3) is 0 Å². The van der Waals surface area contributed by atoms with Crippen molar-refractivity contribution in [3.05, 3.63) is 22.7 Å². The van der Waals surface area contributed by atoms with E-state index >= 15 is 0 Å². The maximum absolute atomic E-state index is 12.9. The van der Waals surface area contributed by atoms with Gasteiger partial charge in [-0.05, 0) is 58.8 Å². The van der Waals surface area contributed by atoms with Crippen LogP contribution in [-0.4, -0.2) is 25.8 Å². The van der Waals surface area contributed by atoms with E-state index in [4.69, 9.17) is 5.73 Å². The van der Waals surface area contributed by atoms with Crippen LogP contribution in [0.15, 0.2) is 27.6 Å². The summed E-state index contributed by atoms with van der Waals surface area (Å²) in [6, 6.07) is 4.96. The molecule has 1 aliphatic carbocycles. The van der Waals surface area contributed by atoms with Gasteiger partial charge in [-0.1, -0.05) is 19.3 Å². The molecule has 2 aliphatic rings. The molecule has 2 fully saturated rings. The molecule has 0 bridgehead atoms. The van der Waals surface area contributed by atoms with Gasteiger partial charge in [0.05, 0.1) is 4.90 Å². The first kappa shape index (κ1) is 15.3. The molecule has 6 heteroatoms. The highest BCUT2D eigenvalue weighted by molar-refractivity contribution is 9.10. The summed E-state index contributed by atoms with van der Waals surface area (Å²) in [5.74, 6) is 1.25. The molecule has 3 rings (SSSR count). The van der Waals surface area contributed by atoms with E-state index < -0.39 is 10.0 Å². The Morgan fingerprint density at radius 3 is 2.62 bits per heavy atom. The number of nitrogens with zero attached hydrogens (tertiary/aromatic N) is 1. The van der Waals surface area contributed by atoms with Crippen LogP contribution in [0.1, 0.15) is 32.1 Å². The zero-order valence-electron chi connectivity index (χ0n) is 12.0. The predicted molar refractivity (Wildman–Crippen MR) is 87.4 cm³/mol. The van der Waals surface area contributed by atoms with E-state index in [1.807, 2.05) is 0 Å². The average Bonchev–Trinajstić information content (AvgIpc) is 2.49. The van der Waals surface area contributed by atoms with Crippen LogP contribution in [0.25, 0.3) is 0 Å².